The molecule has 0 amide bonds. The Hall–Kier alpha value is -2.53. The molecule has 1 fully saturated rings. The lowest BCUT2D eigenvalue weighted by Gasteiger charge is -2.31. The summed E-state index contributed by atoms with van der Waals surface area (Å²) >= 11 is 0. The van der Waals surface area contributed by atoms with E-state index in [1.165, 1.54) is 6.42 Å². The van der Waals surface area contributed by atoms with Gasteiger partial charge in [-0.2, -0.15) is 0 Å². The third-order valence-electron chi connectivity index (χ3n) is 5.38. The molecule has 1 saturated heterocycles. The molecule has 142 valence electrons. The van der Waals surface area contributed by atoms with Crippen LogP contribution in [0.25, 0.3) is 6.08 Å². The van der Waals surface area contributed by atoms with Crippen molar-refractivity contribution >= 4 is 11.9 Å². The number of hydrogen-bond acceptors (Lipinski definition) is 5. The van der Waals surface area contributed by atoms with Crippen LogP contribution in [-0.4, -0.2) is 28.9 Å². The topological polar surface area (TPSA) is 62.9 Å². The number of aromatic hydroxyl groups is 1. The minimum atomic E-state index is -0.162. The van der Waals surface area contributed by atoms with E-state index in [-0.39, 0.29) is 17.3 Å². The Labute approximate surface area is 159 Å². The van der Waals surface area contributed by atoms with Gasteiger partial charge in [-0.1, -0.05) is 6.92 Å². The lowest BCUT2D eigenvalue weighted by Crippen LogP contribution is -2.33. The van der Waals surface area contributed by atoms with Gasteiger partial charge >= 0.3 is 0 Å². The number of nitrogens with zero attached hydrogens (tertiary/aromatic N) is 1. The van der Waals surface area contributed by atoms with Gasteiger partial charge in [0.05, 0.1) is 11.1 Å². The number of fused-ring (bicyclic) bond motifs is 1. The number of ketones is 1. The predicted molar refractivity (Wildman–Crippen MR) is 103 cm³/mol. The molecule has 27 heavy (non-hydrogen) atoms. The van der Waals surface area contributed by atoms with E-state index in [1.54, 1.807) is 12.1 Å². The number of likely N-dealkylation sites (tertiary alicyclic amines) is 1. The lowest BCUT2D eigenvalue weighted by atomic mass is 9.97. The molecule has 2 aliphatic heterocycles. The highest BCUT2D eigenvalue weighted by atomic mass is 16.5. The number of hydrogen-bond donors (Lipinski definition) is 1. The van der Waals surface area contributed by atoms with Crippen molar-refractivity contribution in [2.75, 3.05) is 13.1 Å². The van der Waals surface area contributed by atoms with Gasteiger partial charge in [0.15, 0.2) is 5.76 Å². The zero-order valence-corrected chi connectivity index (χ0v) is 16.0. The first-order chi connectivity index (χ1) is 12.9. The Morgan fingerprint density at radius 1 is 1.33 bits per heavy atom. The van der Waals surface area contributed by atoms with Gasteiger partial charge in [-0.15, -0.1) is 0 Å². The number of phenolic OH excluding ortho intramolecular Hbond substituents is 1. The lowest BCUT2D eigenvalue weighted by molar-refractivity contribution is 0.101. The molecule has 5 nitrogen and oxygen atoms in total. The minimum absolute atomic E-state index is 0.162. The summed E-state index contributed by atoms with van der Waals surface area (Å²) in [5, 5.41) is 10.6. The molecule has 0 radical (unpaired) electrons. The smallest absolute Gasteiger partial charge is 0.232 e. The number of Topliss-reactive ketones (excluding diaryl/α,β-unsaturated/α-hetero) is 1. The van der Waals surface area contributed by atoms with Crippen LogP contribution in [0, 0.1) is 19.8 Å². The molecule has 2 aromatic rings. The number of furan rings is 1. The molecule has 2 aliphatic rings. The fraction of sp³-hybridized carbons (Fsp3) is 0.409. The molecule has 0 spiro atoms. The maximum Gasteiger partial charge on any atom is 0.232 e. The maximum absolute atomic E-state index is 12.9. The van der Waals surface area contributed by atoms with Crippen molar-refractivity contribution in [1.29, 1.82) is 0 Å². The Morgan fingerprint density at radius 2 is 2.15 bits per heavy atom. The van der Waals surface area contributed by atoms with Gasteiger partial charge in [0.25, 0.3) is 0 Å². The minimum Gasteiger partial charge on any atom is -0.507 e. The van der Waals surface area contributed by atoms with Crippen molar-refractivity contribution in [2.45, 2.75) is 40.2 Å². The van der Waals surface area contributed by atoms with Crippen LogP contribution in [0.5, 0.6) is 11.5 Å². The molecule has 4 rings (SSSR count). The summed E-state index contributed by atoms with van der Waals surface area (Å²) in [5.41, 5.74) is 1.96. The summed E-state index contributed by atoms with van der Waals surface area (Å²) in [6.45, 7) is 8.50. The van der Waals surface area contributed by atoms with Gasteiger partial charge in [-0.05, 0) is 62.9 Å². The normalized spacial score (nSPS) is 21.5. The quantitative estimate of drug-likeness (QED) is 0.812. The predicted octanol–water partition coefficient (Wildman–Crippen LogP) is 4.45. The maximum atomic E-state index is 12.9. The van der Waals surface area contributed by atoms with Gasteiger partial charge < -0.3 is 14.3 Å². The Bertz CT molecular complexity index is 925. The van der Waals surface area contributed by atoms with E-state index in [4.69, 9.17) is 9.15 Å². The average molecular weight is 367 g/mol. The molecule has 1 unspecified atom stereocenters. The van der Waals surface area contributed by atoms with E-state index in [0.717, 1.165) is 30.8 Å². The number of carbonyl (C=O) groups is 1. The van der Waals surface area contributed by atoms with Crippen LogP contribution in [0.4, 0.5) is 0 Å². The zero-order chi connectivity index (χ0) is 19.1. The van der Waals surface area contributed by atoms with Crippen molar-refractivity contribution in [1.82, 2.24) is 4.90 Å². The average Bonchev–Trinajstić information content (AvgIpc) is 3.16. The second-order valence-corrected chi connectivity index (χ2v) is 7.77. The van der Waals surface area contributed by atoms with Crippen molar-refractivity contribution in [3.05, 3.63) is 52.2 Å². The number of benzene rings is 1. The van der Waals surface area contributed by atoms with Gasteiger partial charge in [0, 0.05) is 19.2 Å². The number of rotatable bonds is 3. The van der Waals surface area contributed by atoms with Crippen LogP contribution in [-0.2, 0) is 6.54 Å². The Balaban J connectivity index is 1.69. The Kier molecular flexibility index (Phi) is 4.56. The van der Waals surface area contributed by atoms with E-state index in [2.05, 4.69) is 11.8 Å². The Morgan fingerprint density at radius 3 is 2.85 bits per heavy atom. The van der Waals surface area contributed by atoms with Crippen molar-refractivity contribution < 1.29 is 19.1 Å². The molecule has 5 heteroatoms. The first-order valence-electron chi connectivity index (χ1n) is 9.51. The fourth-order valence-electron chi connectivity index (χ4n) is 4.05. The summed E-state index contributed by atoms with van der Waals surface area (Å²) in [6.07, 6.45) is 4.01. The third kappa shape index (κ3) is 3.39. The second-order valence-electron chi connectivity index (χ2n) is 7.77. The molecule has 1 aromatic heterocycles. The SMILES string of the molecule is Cc1ccc(/C=C2/Oc3c(CN4CCCC(C)C4)c(O)cc(C)c3C2=O)o1. The van der Waals surface area contributed by atoms with E-state index in [1.807, 2.05) is 26.0 Å². The first-order valence-corrected chi connectivity index (χ1v) is 9.51. The van der Waals surface area contributed by atoms with E-state index in [0.29, 0.717) is 35.1 Å². The van der Waals surface area contributed by atoms with E-state index < -0.39 is 0 Å². The molecular formula is C22H25NO4. The molecule has 1 atom stereocenters. The monoisotopic (exact) mass is 367 g/mol. The highest BCUT2D eigenvalue weighted by Crippen LogP contribution is 2.42. The van der Waals surface area contributed by atoms with Gasteiger partial charge in [-0.25, -0.2) is 0 Å². The number of phenols is 1. The highest BCUT2D eigenvalue weighted by Gasteiger charge is 2.34. The number of carbonyl (C=O) groups excluding carboxylic acids is 1. The van der Waals surface area contributed by atoms with Gasteiger partial charge in [-0.3, -0.25) is 9.69 Å². The molecule has 0 saturated carbocycles. The van der Waals surface area contributed by atoms with Crippen LogP contribution < -0.4 is 4.74 Å². The third-order valence-corrected chi connectivity index (χ3v) is 5.38. The van der Waals surface area contributed by atoms with Crippen molar-refractivity contribution in [3.63, 3.8) is 0 Å². The summed E-state index contributed by atoms with van der Waals surface area (Å²) in [4.78, 5) is 15.2. The molecule has 1 N–H and O–H groups in total. The van der Waals surface area contributed by atoms with E-state index >= 15 is 0 Å². The molecule has 0 aliphatic carbocycles. The first kappa shape index (κ1) is 17.9. The van der Waals surface area contributed by atoms with Crippen molar-refractivity contribution in [3.8, 4) is 11.5 Å². The van der Waals surface area contributed by atoms with Crippen LogP contribution in [0.1, 0.15) is 52.8 Å². The fourth-order valence-corrected chi connectivity index (χ4v) is 4.05. The van der Waals surface area contributed by atoms with Crippen LogP contribution in [0.15, 0.2) is 28.4 Å². The second kappa shape index (κ2) is 6.89. The summed E-state index contributed by atoms with van der Waals surface area (Å²) < 4.78 is 11.5. The summed E-state index contributed by atoms with van der Waals surface area (Å²) in [5.74, 6) is 2.75. The number of piperidine rings is 1. The van der Waals surface area contributed by atoms with Gasteiger partial charge in [0.2, 0.25) is 5.78 Å². The molecule has 0 bridgehead atoms. The highest BCUT2D eigenvalue weighted by molar-refractivity contribution is 6.15. The molecule has 3 heterocycles. The van der Waals surface area contributed by atoms with Crippen LogP contribution in [0.2, 0.25) is 0 Å². The van der Waals surface area contributed by atoms with E-state index in [9.17, 15) is 9.90 Å². The molecule has 1 aromatic carbocycles. The van der Waals surface area contributed by atoms with Crippen molar-refractivity contribution in [2.24, 2.45) is 5.92 Å². The van der Waals surface area contributed by atoms with Crippen LogP contribution in [0.3, 0.4) is 0 Å². The van der Waals surface area contributed by atoms with Gasteiger partial charge in [0.1, 0.15) is 23.0 Å². The summed E-state index contributed by atoms with van der Waals surface area (Å²) in [6, 6.07) is 5.32. The number of ether oxygens (including phenoxy) is 1. The number of allylic oxidation sites excluding steroid dienone is 1. The zero-order valence-electron chi connectivity index (χ0n) is 16.0. The number of aryl methyl sites for hydroxylation is 2. The standard InChI is InChI=1S/C22H25NO4/c1-13-5-4-8-23(11-13)12-17-18(24)9-14(2)20-21(25)19(27-22(17)20)10-16-7-6-15(3)26-16/h6-7,9-10,13,24H,4-5,8,11-12H2,1-3H3/b19-10+. The summed E-state index contributed by atoms with van der Waals surface area (Å²) in [7, 11) is 0. The largest absolute Gasteiger partial charge is 0.507 e. The molecular weight excluding hydrogens is 342 g/mol. The van der Waals surface area contributed by atoms with Crippen LogP contribution >= 0.6 is 0 Å².